The molecule has 13 heavy (non-hydrogen) atoms. The average molecular weight is 196 g/mol. The fourth-order valence-electron chi connectivity index (χ4n) is 0.902. The standard InChI is InChI=1S/C9H12N2OS/c1-2-7-3-5-8(6-4-7)13-11-9(10)12/h3-6H,2H2,1H3,(H3,10,11,12). The first-order chi connectivity index (χ1) is 6.22. The molecule has 0 saturated carbocycles. The zero-order valence-corrected chi connectivity index (χ0v) is 8.23. The van der Waals surface area contributed by atoms with E-state index in [1.165, 1.54) is 17.5 Å². The van der Waals surface area contributed by atoms with Crippen LogP contribution >= 0.6 is 11.9 Å². The predicted molar refractivity (Wildman–Crippen MR) is 54.4 cm³/mol. The highest BCUT2D eigenvalue weighted by molar-refractivity contribution is 7.98. The number of aryl methyl sites for hydroxylation is 1. The van der Waals surface area contributed by atoms with E-state index in [0.717, 1.165) is 11.3 Å². The molecule has 0 spiro atoms. The molecule has 70 valence electrons. The molecule has 0 aliphatic heterocycles. The van der Waals surface area contributed by atoms with Crippen LogP contribution in [0.15, 0.2) is 29.2 Å². The lowest BCUT2D eigenvalue weighted by molar-refractivity contribution is 0.254. The molecule has 4 heteroatoms. The molecule has 1 aromatic rings. The number of hydrogen-bond donors (Lipinski definition) is 2. The van der Waals surface area contributed by atoms with Crippen LogP contribution < -0.4 is 10.5 Å². The maximum atomic E-state index is 10.4. The SMILES string of the molecule is CCc1ccc(SNC(N)=O)cc1. The van der Waals surface area contributed by atoms with Gasteiger partial charge < -0.3 is 5.73 Å². The molecule has 0 fully saturated rings. The zero-order valence-electron chi connectivity index (χ0n) is 7.41. The minimum atomic E-state index is -0.524. The second kappa shape index (κ2) is 4.77. The largest absolute Gasteiger partial charge is 0.351 e. The Morgan fingerprint density at radius 2 is 2.08 bits per heavy atom. The van der Waals surface area contributed by atoms with Gasteiger partial charge in [-0.1, -0.05) is 19.1 Å². The molecule has 0 aromatic heterocycles. The van der Waals surface area contributed by atoms with E-state index >= 15 is 0 Å². The molecule has 0 atom stereocenters. The van der Waals surface area contributed by atoms with Crippen molar-refractivity contribution >= 4 is 18.0 Å². The number of carbonyl (C=O) groups excluding carboxylic acids is 1. The number of hydrogen-bond acceptors (Lipinski definition) is 2. The predicted octanol–water partition coefficient (Wildman–Crippen LogP) is 1.92. The van der Waals surface area contributed by atoms with Crippen molar-refractivity contribution in [3.63, 3.8) is 0 Å². The quantitative estimate of drug-likeness (QED) is 0.726. The van der Waals surface area contributed by atoms with E-state index in [0.29, 0.717) is 0 Å². The number of benzene rings is 1. The number of nitrogens with two attached hydrogens (primary N) is 1. The Morgan fingerprint density at radius 3 is 2.54 bits per heavy atom. The van der Waals surface area contributed by atoms with E-state index in [1.807, 2.05) is 24.3 Å². The molecule has 3 nitrogen and oxygen atoms in total. The molecule has 3 N–H and O–H groups in total. The van der Waals surface area contributed by atoms with Crippen molar-refractivity contribution < 1.29 is 4.79 Å². The second-order valence-electron chi connectivity index (χ2n) is 2.57. The Labute approximate surface area is 81.8 Å². The first kappa shape index (κ1) is 9.92. The van der Waals surface area contributed by atoms with E-state index < -0.39 is 6.03 Å². The lowest BCUT2D eigenvalue weighted by Crippen LogP contribution is -2.22. The van der Waals surface area contributed by atoms with Gasteiger partial charge in [-0.05, 0) is 36.1 Å². The third-order valence-corrected chi connectivity index (χ3v) is 2.41. The van der Waals surface area contributed by atoms with Gasteiger partial charge in [0.05, 0.1) is 0 Å². The normalized spacial score (nSPS) is 9.62. The second-order valence-corrected chi connectivity index (χ2v) is 3.45. The monoisotopic (exact) mass is 196 g/mol. The van der Waals surface area contributed by atoms with Crippen molar-refractivity contribution in [2.24, 2.45) is 5.73 Å². The Morgan fingerprint density at radius 1 is 1.46 bits per heavy atom. The molecule has 2 amide bonds. The molecule has 0 aliphatic carbocycles. The van der Waals surface area contributed by atoms with Gasteiger partial charge in [-0.2, -0.15) is 0 Å². The summed E-state index contributed by atoms with van der Waals surface area (Å²) in [6.45, 7) is 2.10. The summed E-state index contributed by atoms with van der Waals surface area (Å²) in [5.74, 6) is 0. The van der Waals surface area contributed by atoms with Gasteiger partial charge in [0, 0.05) is 4.90 Å². The van der Waals surface area contributed by atoms with E-state index in [9.17, 15) is 4.79 Å². The van der Waals surface area contributed by atoms with Gasteiger partial charge in [-0.25, -0.2) is 4.79 Å². The van der Waals surface area contributed by atoms with Crippen molar-refractivity contribution in [3.8, 4) is 0 Å². The van der Waals surface area contributed by atoms with Crippen LogP contribution in [0.5, 0.6) is 0 Å². The molecule has 1 rings (SSSR count). The number of urea groups is 1. The fraction of sp³-hybridized carbons (Fsp3) is 0.222. The lowest BCUT2D eigenvalue weighted by Gasteiger charge is -2.01. The van der Waals surface area contributed by atoms with E-state index in [4.69, 9.17) is 5.73 Å². The number of rotatable bonds is 3. The van der Waals surface area contributed by atoms with Gasteiger partial charge in [0.2, 0.25) is 0 Å². The highest BCUT2D eigenvalue weighted by atomic mass is 32.2. The fourth-order valence-corrected chi connectivity index (χ4v) is 1.39. The summed E-state index contributed by atoms with van der Waals surface area (Å²) in [6.07, 6.45) is 1.02. The van der Waals surface area contributed by atoms with Crippen LogP contribution in [0.2, 0.25) is 0 Å². The minimum absolute atomic E-state index is 0.524. The smallest absolute Gasteiger partial charge is 0.322 e. The van der Waals surface area contributed by atoms with Gasteiger partial charge in [-0.15, -0.1) is 0 Å². The topological polar surface area (TPSA) is 55.1 Å². The highest BCUT2D eigenvalue weighted by Gasteiger charge is 1.95. The third-order valence-electron chi connectivity index (χ3n) is 1.60. The summed E-state index contributed by atoms with van der Waals surface area (Å²) >= 11 is 1.22. The highest BCUT2D eigenvalue weighted by Crippen LogP contribution is 2.14. The lowest BCUT2D eigenvalue weighted by atomic mass is 10.2. The maximum Gasteiger partial charge on any atom is 0.322 e. The molecule has 1 aromatic carbocycles. The minimum Gasteiger partial charge on any atom is -0.351 e. The van der Waals surface area contributed by atoms with Gasteiger partial charge in [-0.3, -0.25) is 4.72 Å². The Bertz CT molecular complexity index is 284. The molecule has 0 unspecified atom stereocenters. The zero-order chi connectivity index (χ0) is 9.68. The molecule has 0 bridgehead atoms. The van der Waals surface area contributed by atoms with Crippen LogP contribution in [0.25, 0.3) is 0 Å². The van der Waals surface area contributed by atoms with Crippen LogP contribution in [-0.4, -0.2) is 6.03 Å². The summed E-state index contributed by atoms with van der Waals surface area (Å²) < 4.78 is 2.45. The van der Waals surface area contributed by atoms with Crippen molar-refractivity contribution in [1.82, 2.24) is 4.72 Å². The van der Waals surface area contributed by atoms with Gasteiger partial charge in [0.15, 0.2) is 0 Å². The Balaban J connectivity index is 2.54. The first-order valence-electron chi connectivity index (χ1n) is 4.03. The molecular weight excluding hydrogens is 184 g/mol. The number of carbonyl (C=O) groups is 1. The van der Waals surface area contributed by atoms with Crippen molar-refractivity contribution in [3.05, 3.63) is 29.8 Å². The Hall–Kier alpha value is -1.16. The maximum absolute atomic E-state index is 10.4. The summed E-state index contributed by atoms with van der Waals surface area (Å²) in [5, 5.41) is 0. The van der Waals surface area contributed by atoms with E-state index in [1.54, 1.807) is 0 Å². The summed E-state index contributed by atoms with van der Waals surface area (Å²) in [4.78, 5) is 11.4. The first-order valence-corrected chi connectivity index (χ1v) is 4.85. The van der Waals surface area contributed by atoms with Gasteiger partial charge >= 0.3 is 6.03 Å². The van der Waals surface area contributed by atoms with Crippen LogP contribution in [0.4, 0.5) is 4.79 Å². The molecule has 0 heterocycles. The third kappa shape index (κ3) is 3.38. The van der Waals surface area contributed by atoms with Crippen LogP contribution in [0.1, 0.15) is 12.5 Å². The Kier molecular flexibility index (Phi) is 3.64. The van der Waals surface area contributed by atoms with Crippen LogP contribution in [0.3, 0.4) is 0 Å². The average Bonchev–Trinajstić information content (AvgIpc) is 2.15. The number of nitrogens with one attached hydrogen (secondary N) is 1. The summed E-state index contributed by atoms with van der Waals surface area (Å²) in [7, 11) is 0. The van der Waals surface area contributed by atoms with Crippen molar-refractivity contribution in [2.75, 3.05) is 0 Å². The molecule has 0 aliphatic rings. The molecular formula is C9H12N2OS. The van der Waals surface area contributed by atoms with E-state index in [-0.39, 0.29) is 0 Å². The van der Waals surface area contributed by atoms with Crippen molar-refractivity contribution in [1.29, 1.82) is 0 Å². The molecule has 0 radical (unpaired) electrons. The number of amides is 2. The molecule has 0 saturated heterocycles. The van der Waals surface area contributed by atoms with Crippen LogP contribution in [-0.2, 0) is 6.42 Å². The summed E-state index contributed by atoms with van der Waals surface area (Å²) in [6, 6.07) is 7.46. The number of primary amides is 1. The van der Waals surface area contributed by atoms with Crippen LogP contribution in [0, 0.1) is 0 Å². The van der Waals surface area contributed by atoms with Gasteiger partial charge in [0.25, 0.3) is 0 Å². The van der Waals surface area contributed by atoms with E-state index in [2.05, 4.69) is 11.6 Å². The summed E-state index contributed by atoms with van der Waals surface area (Å²) in [5.41, 5.74) is 6.21. The van der Waals surface area contributed by atoms with Gasteiger partial charge in [0.1, 0.15) is 0 Å². The van der Waals surface area contributed by atoms with Crippen molar-refractivity contribution in [2.45, 2.75) is 18.2 Å².